The van der Waals surface area contributed by atoms with Gasteiger partial charge in [0.2, 0.25) is 0 Å². The van der Waals surface area contributed by atoms with Gasteiger partial charge in [0.1, 0.15) is 0 Å². The van der Waals surface area contributed by atoms with Crippen molar-refractivity contribution in [3.05, 3.63) is 0 Å². The zero-order chi connectivity index (χ0) is 7.56. The van der Waals surface area contributed by atoms with Gasteiger partial charge in [0.25, 0.3) is 0 Å². The Bertz CT molecular complexity index is 97.8. The Kier molecular flexibility index (Phi) is 2.65. The lowest BCUT2D eigenvalue weighted by Gasteiger charge is -2.11. The fourth-order valence-corrected chi connectivity index (χ4v) is 1.35. The van der Waals surface area contributed by atoms with Crippen molar-refractivity contribution in [3.63, 3.8) is 0 Å². The van der Waals surface area contributed by atoms with Gasteiger partial charge in [-0.25, -0.2) is 0 Å². The van der Waals surface area contributed by atoms with Crippen LogP contribution in [0.4, 0.5) is 0 Å². The van der Waals surface area contributed by atoms with Gasteiger partial charge in [0.05, 0.1) is 12.2 Å². The summed E-state index contributed by atoms with van der Waals surface area (Å²) in [7, 11) is 0. The molecule has 2 N–H and O–H groups in total. The average molecular weight is 145 g/mol. The summed E-state index contributed by atoms with van der Waals surface area (Å²) in [5.74, 6) is 0. The second-order valence-electron chi connectivity index (χ2n) is 2.89. The predicted octanol–water partition coefficient (Wildman–Crippen LogP) is -0.566. The van der Waals surface area contributed by atoms with Crippen molar-refractivity contribution in [2.75, 3.05) is 19.6 Å². The number of rotatable bonds is 2. The van der Waals surface area contributed by atoms with E-state index >= 15 is 0 Å². The topological polar surface area (TPSA) is 43.7 Å². The summed E-state index contributed by atoms with van der Waals surface area (Å²) in [6.45, 7) is 4.34. The highest BCUT2D eigenvalue weighted by molar-refractivity contribution is 4.82. The molecular weight excluding hydrogens is 130 g/mol. The Balaban J connectivity index is 2.27. The standard InChI is InChI=1S/C7H15NO2/c1-2-3-8-4-6(9)7(10)5-8/h6-7,9-10H,2-5H2,1H3/t6-,7+. The summed E-state index contributed by atoms with van der Waals surface area (Å²) in [4.78, 5) is 2.08. The minimum absolute atomic E-state index is 0.522. The lowest BCUT2D eigenvalue weighted by Crippen LogP contribution is -2.22. The Morgan fingerprint density at radius 3 is 2.20 bits per heavy atom. The van der Waals surface area contributed by atoms with Gasteiger partial charge in [-0.2, -0.15) is 0 Å². The molecule has 0 amide bonds. The van der Waals surface area contributed by atoms with Crippen LogP contribution in [0, 0.1) is 0 Å². The lowest BCUT2D eigenvalue weighted by atomic mass is 10.3. The van der Waals surface area contributed by atoms with Gasteiger partial charge in [-0.1, -0.05) is 6.92 Å². The summed E-state index contributed by atoms with van der Waals surface area (Å²) in [6, 6.07) is 0. The number of aliphatic hydroxyl groups excluding tert-OH is 2. The molecule has 60 valence electrons. The molecule has 1 aliphatic rings. The van der Waals surface area contributed by atoms with Crippen molar-refractivity contribution >= 4 is 0 Å². The van der Waals surface area contributed by atoms with E-state index in [1.807, 2.05) is 0 Å². The Morgan fingerprint density at radius 2 is 1.80 bits per heavy atom. The third-order valence-electron chi connectivity index (χ3n) is 1.87. The second-order valence-corrected chi connectivity index (χ2v) is 2.89. The molecule has 0 aromatic rings. The smallest absolute Gasteiger partial charge is 0.0938 e. The summed E-state index contributed by atoms with van der Waals surface area (Å²) in [6.07, 6.45) is 0.0394. The van der Waals surface area contributed by atoms with E-state index < -0.39 is 12.2 Å². The van der Waals surface area contributed by atoms with Gasteiger partial charge in [0.15, 0.2) is 0 Å². The van der Waals surface area contributed by atoms with Gasteiger partial charge < -0.3 is 10.2 Å². The van der Waals surface area contributed by atoms with Gasteiger partial charge in [-0.3, -0.25) is 4.90 Å². The van der Waals surface area contributed by atoms with Crippen LogP contribution >= 0.6 is 0 Å². The van der Waals surface area contributed by atoms with Crippen LogP contribution in [-0.4, -0.2) is 47.0 Å². The molecule has 0 aliphatic carbocycles. The molecule has 3 heteroatoms. The highest BCUT2D eigenvalue weighted by atomic mass is 16.3. The molecule has 0 radical (unpaired) electrons. The molecule has 1 fully saturated rings. The molecule has 10 heavy (non-hydrogen) atoms. The van der Waals surface area contributed by atoms with Crippen molar-refractivity contribution in [3.8, 4) is 0 Å². The van der Waals surface area contributed by atoms with Crippen LogP contribution in [0.5, 0.6) is 0 Å². The first-order valence-corrected chi connectivity index (χ1v) is 3.82. The van der Waals surface area contributed by atoms with E-state index in [0.717, 1.165) is 13.0 Å². The first-order valence-electron chi connectivity index (χ1n) is 3.82. The number of hydrogen-bond acceptors (Lipinski definition) is 3. The molecule has 0 aromatic heterocycles. The van der Waals surface area contributed by atoms with Crippen LogP contribution in [0.2, 0.25) is 0 Å². The highest BCUT2D eigenvalue weighted by Gasteiger charge is 2.28. The van der Waals surface area contributed by atoms with Gasteiger partial charge in [0, 0.05) is 13.1 Å². The highest BCUT2D eigenvalue weighted by Crippen LogP contribution is 2.09. The van der Waals surface area contributed by atoms with Crippen LogP contribution in [0.25, 0.3) is 0 Å². The lowest BCUT2D eigenvalue weighted by molar-refractivity contribution is 0.0572. The molecule has 0 bridgehead atoms. The number of aliphatic hydroxyl groups is 2. The third-order valence-corrected chi connectivity index (χ3v) is 1.87. The molecule has 1 heterocycles. The minimum Gasteiger partial charge on any atom is -0.389 e. The second kappa shape index (κ2) is 3.32. The molecule has 1 aliphatic heterocycles. The zero-order valence-electron chi connectivity index (χ0n) is 6.32. The molecular formula is C7H15NO2. The normalized spacial score (nSPS) is 35.1. The monoisotopic (exact) mass is 145 g/mol. The molecule has 0 unspecified atom stereocenters. The molecule has 3 nitrogen and oxygen atoms in total. The number of hydrogen-bond donors (Lipinski definition) is 2. The zero-order valence-corrected chi connectivity index (χ0v) is 6.32. The maximum atomic E-state index is 9.10. The first-order chi connectivity index (χ1) is 4.74. The van der Waals surface area contributed by atoms with Crippen LogP contribution < -0.4 is 0 Å². The molecule has 0 spiro atoms. The Morgan fingerprint density at radius 1 is 1.30 bits per heavy atom. The fourth-order valence-electron chi connectivity index (χ4n) is 1.35. The van der Waals surface area contributed by atoms with Crippen molar-refractivity contribution in [1.29, 1.82) is 0 Å². The molecule has 0 aromatic carbocycles. The molecule has 1 saturated heterocycles. The van der Waals surface area contributed by atoms with Gasteiger partial charge in [-0.15, -0.1) is 0 Å². The van der Waals surface area contributed by atoms with E-state index in [0.29, 0.717) is 13.1 Å². The van der Waals surface area contributed by atoms with Crippen LogP contribution in [0.3, 0.4) is 0 Å². The Hall–Kier alpha value is -0.120. The Labute approximate surface area is 61.3 Å². The molecule has 0 saturated carbocycles. The van der Waals surface area contributed by atoms with Crippen molar-refractivity contribution in [2.24, 2.45) is 0 Å². The number of nitrogens with zero attached hydrogens (tertiary/aromatic N) is 1. The minimum atomic E-state index is -0.522. The quantitative estimate of drug-likeness (QED) is 0.547. The van der Waals surface area contributed by atoms with Crippen LogP contribution in [-0.2, 0) is 0 Å². The predicted molar refractivity (Wildman–Crippen MR) is 38.7 cm³/mol. The van der Waals surface area contributed by atoms with E-state index in [-0.39, 0.29) is 0 Å². The summed E-state index contributed by atoms with van der Waals surface area (Å²) in [5, 5.41) is 18.2. The van der Waals surface area contributed by atoms with E-state index in [1.165, 1.54) is 0 Å². The maximum Gasteiger partial charge on any atom is 0.0938 e. The van der Waals surface area contributed by atoms with Crippen molar-refractivity contribution < 1.29 is 10.2 Å². The summed E-state index contributed by atoms with van der Waals surface area (Å²) in [5.41, 5.74) is 0. The number of likely N-dealkylation sites (tertiary alicyclic amines) is 1. The molecule has 2 atom stereocenters. The SMILES string of the molecule is CCCN1C[C@@H](O)[C@@H](O)C1. The summed E-state index contributed by atoms with van der Waals surface area (Å²) >= 11 is 0. The fraction of sp³-hybridized carbons (Fsp3) is 1.00. The van der Waals surface area contributed by atoms with Gasteiger partial charge >= 0.3 is 0 Å². The number of β-amino-alcohol motifs (C(OH)–C–C–N with tert-alkyl or cyclic N) is 2. The van der Waals surface area contributed by atoms with Crippen LogP contribution in [0.15, 0.2) is 0 Å². The molecule has 1 rings (SSSR count). The summed E-state index contributed by atoms with van der Waals surface area (Å²) < 4.78 is 0. The third kappa shape index (κ3) is 1.68. The average Bonchev–Trinajstić information content (AvgIpc) is 2.14. The van der Waals surface area contributed by atoms with Crippen LogP contribution in [0.1, 0.15) is 13.3 Å². The van der Waals surface area contributed by atoms with Crippen molar-refractivity contribution in [1.82, 2.24) is 4.90 Å². The van der Waals surface area contributed by atoms with E-state index in [9.17, 15) is 0 Å². The van der Waals surface area contributed by atoms with E-state index in [2.05, 4.69) is 11.8 Å². The van der Waals surface area contributed by atoms with Crippen molar-refractivity contribution in [2.45, 2.75) is 25.6 Å². The largest absolute Gasteiger partial charge is 0.389 e. The first kappa shape index (κ1) is 7.98. The van der Waals surface area contributed by atoms with E-state index in [1.54, 1.807) is 0 Å². The maximum absolute atomic E-state index is 9.10. The van der Waals surface area contributed by atoms with Gasteiger partial charge in [-0.05, 0) is 13.0 Å². The van der Waals surface area contributed by atoms with E-state index in [4.69, 9.17) is 10.2 Å².